The molecule has 0 amide bonds. The Kier molecular flexibility index (Phi) is 4.44. The number of nitrogens with one attached hydrogen (secondary N) is 1. The number of sulfone groups is 1. The molecule has 1 N–H and O–H groups in total. The first-order valence-electron chi connectivity index (χ1n) is 7.36. The molecule has 24 heavy (non-hydrogen) atoms. The van der Waals surface area contributed by atoms with E-state index in [-0.39, 0.29) is 10.7 Å². The minimum Gasteiger partial charge on any atom is -0.369 e. The monoisotopic (exact) mass is 345 g/mol. The average molecular weight is 345 g/mol. The van der Waals surface area contributed by atoms with Crippen molar-refractivity contribution in [1.29, 1.82) is 0 Å². The van der Waals surface area contributed by atoms with E-state index < -0.39 is 9.84 Å². The molecule has 0 saturated heterocycles. The minimum atomic E-state index is -3.30. The van der Waals surface area contributed by atoms with Crippen molar-refractivity contribution in [3.05, 3.63) is 60.2 Å². The highest BCUT2D eigenvalue weighted by molar-refractivity contribution is 7.90. The first-order valence-corrected chi connectivity index (χ1v) is 9.26. The van der Waals surface area contributed by atoms with Crippen LogP contribution < -0.4 is 5.32 Å². The van der Waals surface area contributed by atoms with Crippen LogP contribution in [-0.2, 0) is 16.3 Å². The number of rotatable bonds is 5. The Balaban J connectivity index is 1.83. The van der Waals surface area contributed by atoms with Gasteiger partial charge in [0.25, 0.3) is 0 Å². The van der Waals surface area contributed by atoms with Crippen LogP contribution >= 0.6 is 0 Å². The maximum Gasteiger partial charge on any atom is 0.175 e. The molecule has 1 heterocycles. The second-order valence-corrected chi connectivity index (χ2v) is 7.50. The van der Waals surface area contributed by atoms with Gasteiger partial charge in [-0.15, -0.1) is 0 Å². The number of hydrogen-bond donors (Lipinski definition) is 1. The highest BCUT2D eigenvalue weighted by atomic mass is 32.2. The molecule has 0 radical (unpaired) electrons. The predicted octanol–water partition coefficient (Wildman–Crippen LogP) is 2.83. The van der Waals surface area contributed by atoms with Gasteiger partial charge in [-0.2, -0.15) is 0 Å². The average Bonchev–Trinajstić information content (AvgIpc) is 2.54. The molecule has 0 saturated carbocycles. The molecule has 1 aromatic heterocycles. The van der Waals surface area contributed by atoms with Crippen molar-refractivity contribution >= 4 is 26.6 Å². The molecule has 0 aliphatic carbocycles. The van der Waals surface area contributed by atoms with Crippen molar-refractivity contribution in [3.8, 4) is 0 Å². The molecule has 0 aliphatic heterocycles. The molecule has 3 aromatic rings. The van der Waals surface area contributed by atoms with Gasteiger partial charge < -0.3 is 5.32 Å². The number of benzene rings is 2. The Morgan fingerprint density at radius 3 is 2.71 bits per heavy atom. The number of halogens is 1. The Bertz CT molecular complexity index is 990. The Labute approximate surface area is 139 Å². The molecule has 7 heteroatoms. The zero-order chi connectivity index (χ0) is 17.2. The molecule has 0 spiro atoms. The van der Waals surface area contributed by atoms with Crippen LogP contribution in [-0.4, -0.2) is 31.2 Å². The second-order valence-electron chi connectivity index (χ2n) is 5.48. The highest BCUT2D eigenvalue weighted by Gasteiger charge is 2.11. The second kappa shape index (κ2) is 6.52. The quantitative estimate of drug-likeness (QED) is 0.770. The van der Waals surface area contributed by atoms with Gasteiger partial charge in [0.15, 0.2) is 9.84 Å². The molecule has 0 fully saturated rings. The molecular weight excluding hydrogens is 329 g/mol. The van der Waals surface area contributed by atoms with Crippen LogP contribution in [0.2, 0.25) is 0 Å². The summed E-state index contributed by atoms with van der Waals surface area (Å²) in [6.07, 6.45) is 3.21. The number of hydrogen-bond acceptors (Lipinski definition) is 5. The van der Waals surface area contributed by atoms with Gasteiger partial charge in [0.05, 0.1) is 10.4 Å². The van der Waals surface area contributed by atoms with E-state index in [4.69, 9.17) is 0 Å². The molecular formula is C17H16FN3O2S. The third-order valence-corrected chi connectivity index (χ3v) is 4.74. The van der Waals surface area contributed by atoms with Gasteiger partial charge in [-0.1, -0.05) is 12.1 Å². The molecule has 0 bridgehead atoms. The summed E-state index contributed by atoms with van der Waals surface area (Å²) >= 11 is 0. The van der Waals surface area contributed by atoms with Gasteiger partial charge in [-0.05, 0) is 42.3 Å². The lowest BCUT2D eigenvalue weighted by atomic mass is 10.1. The SMILES string of the molecule is CS(=O)(=O)c1ccc2ncnc(NCCc3cccc(F)c3)c2c1. The molecule has 0 unspecified atom stereocenters. The lowest BCUT2D eigenvalue weighted by Crippen LogP contribution is -2.07. The van der Waals surface area contributed by atoms with E-state index in [1.165, 1.54) is 24.5 Å². The van der Waals surface area contributed by atoms with E-state index in [9.17, 15) is 12.8 Å². The molecule has 2 aromatic carbocycles. The van der Waals surface area contributed by atoms with E-state index >= 15 is 0 Å². The van der Waals surface area contributed by atoms with Gasteiger partial charge in [0.2, 0.25) is 0 Å². The third-order valence-electron chi connectivity index (χ3n) is 3.63. The van der Waals surface area contributed by atoms with Crippen molar-refractivity contribution in [3.63, 3.8) is 0 Å². The summed E-state index contributed by atoms with van der Waals surface area (Å²) < 4.78 is 36.6. The largest absolute Gasteiger partial charge is 0.369 e. The number of nitrogens with zero attached hydrogens (tertiary/aromatic N) is 2. The Hall–Kier alpha value is -2.54. The van der Waals surface area contributed by atoms with Crippen molar-refractivity contribution in [1.82, 2.24) is 9.97 Å². The number of anilines is 1. The van der Waals surface area contributed by atoms with Crippen molar-refractivity contribution in [2.24, 2.45) is 0 Å². The zero-order valence-corrected chi connectivity index (χ0v) is 13.8. The van der Waals surface area contributed by atoms with Crippen molar-refractivity contribution in [2.75, 3.05) is 18.1 Å². The topological polar surface area (TPSA) is 72.0 Å². The predicted molar refractivity (Wildman–Crippen MR) is 91.2 cm³/mol. The third kappa shape index (κ3) is 3.68. The van der Waals surface area contributed by atoms with Gasteiger partial charge in [0.1, 0.15) is 18.0 Å². The molecule has 0 aliphatic rings. The summed E-state index contributed by atoms with van der Waals surface area (Å²) in [5.41, 5.74) is 1.53. The highest BCUT2D eigenvalue weighted by Crippen LogP contribution is 2.23. The fourth-order valence-corrected chi connectivity index (χ4v) is 3.07. The van der Waals surface area contributed by atoms with Crippen LogP contribution in [0.15, 0.2) is 53.7 Å². The maximum absolute atomic E-state index is 13.2. The first kappa shape index (κ1) is 16.3. The number of aromatic nitrogens is 2. The van der Waals surface area contributed by atoms with Gasteiger partial charge in [-0.25, -0.2) is 22.8 Å². The number of fused-ring (bicyclic) bond motifs is 1. The van der Waals surface area contributed by atoms with E-state index in [2.05, 4.69) is 15.3 Å². The van der Waals surface area contributed by atoms with E-state index in [0.29, 0.717) is 29.7 Å². The van der Waals surface area contributed by atoms with Crippen molar-refractivity contribution < 1.29 is 12.8 Å². The Morgan fingerprint density at radius 2 is 1.96 bits per heavy atom. The normalized spacial score (nSPS) is 11.6. The van der Waals surface area contributed by atoms with E-state index in [1.54, 1.807) is 18.2 Å². The minimum absolute atomic E-state index is 0.220. The summed E-state index contributed by atoms with van der Waals surface area (Å²) in [4.78, 5) is 8.56. The van der Waals surface area contributed by atoms with Crippen LogP contribution in [0.5, 0.6) is 0 Å². The first-order chi connectivity index (χ1) is 11.4. The van der Waals surface area contributed by atoms with E-state index in [0.717, 1.165) is 11.8 Å². The molecule has 5 nitrogen and oxygen atoms in total. The van der Waals surface area contributed by atoms with Gasteiger partial charge >= 0.3 is 0 Å². The lowest BCUT2D eigenvalue weighted by Gasteiger charge is -2.09. The van der Waals surface area contributed by atoms with Crippen LogP contribution in [0.25, 0.3) is 10.9 Å². The Morgan fingerprint density at radius 1 is 1.12 bits per heavy atom. The fourth-order valence-electron chi connectivity index (χ4n) is 2.42. The van der Waals surface area contributed by atoms with E-state index in [1.807, 2.05) is 6.07 Å². The summed E-state index contributed by atoms with van der Waals surface area (Å²) in [5, 5.41) is 3.80. The lowest BCUT2D eigenvalue weighted by molar-refractivity contribution is 0.602. The molecule has 124 valence electrons. The summed E-state index contributed by atoms with van der Waals surface area (Å²) in [6.45, 7) is 0.540. The molecule has 3 rings (SSSR count). The van der Waals surface area contributed by atoms with Crippen LogP contribution in [0.3, 0.4) is 0 Å². The van der Waals surface area contributed by atoms with Crippen LogP contribution in [0, 0.1) is 5.82 Å². The zero-order valence-electron chi connectivity index (χ0n) is 13.0. The standard InChI is InChI=1S/C17H16FN3O2S/c1-24(22,23)14-5-6-16-15(10-14)17(21-11-20-16)19-8-7-12-3-2-4-13(18)9-12/h2-6,9-11H,7-8H2,1H3,(H,19,20,21). The fraction of sp³-hybridized carbons (Fsp3) is 0.176. The van der Waals surface area contributed by atoms with Crippen LogP contribution in [0.1, 0.15) is 5.56 Å². The smallest absolute Gasteiger partial charge is 0.175 e. The van der Waals surface area contributed by atoms with Crippen LogP contribution in [0.4, 0.5) is 10.2 Å². The summed E-state index contributed by atoms with van der Waals surface area (Å²) in [6, 6.07) is 11.2. The molecule has 0 atom stereocenters. The van der Waals surface area contributed by atoms with Crippen molar-refractivity contribution in [2.45, 2.75) is 11.3 Å². The summed E-state index contributed by atoms with van der Waals surface area (Å²) in [7, 11) is -3.30. The summed E-state index contributed by atoms with van der Waals surface area (Å²) in [5.74, 6) is 0.291. The van der Waals surface area contributed by atoms with Gasteiger partial charge in [0, 0.05) is 18.2 Å². The van der Waals surface area contributed by atoms with Gasteiger partial charge in [-0.3, -0.25) is 0 Å². The maximum atomic E-state index is 13.2.